The molecule has 0 aromatic heterocycles. The van der Waals surface area contributed by atoms with Crippen molar-refractivity contribution in [2.75, 3.05) is 0 Å². The van der Waals surface area contributed by atoms with Crippen LogP contribution in [0.25, 0.3) is 11.1 Å². The number of rotatable bonds is 5. The molecule has 0 spiro atoms. The Hall–Kier alpha value is -2.66. The molecule has 0 bridgehead atoms. The van der Waals surface area contributed by atoms with Gasteiger partial charge in [0.15, 0.2) is 6.04 Å². The largest absolute Gasteiger partial charge is 0.458 e. The zero-order chi connectivity index (χ0) is 23.0. The molecule has 5 heteroatoms. The second kappa shape index (κ2) is 8.46. The quantitative estimate of drug-likeness (QED) is 0.619. The van der Waals surface area contributed by atoms with Gasteiger partial charge in [-0.15, -0.1) is 0 Å². The second-order valence-corrected chi connectivity index (χ2v) is 10.1. The number of hydrogen-bond donors (Lipinski definition) is 0. The first-order chi connectivity index (χ1) is 14.4. The highest BCUT2D eigenvalue weighted by atomic mass is 16.6. The minimum absolute atomic E-state index is 0.171. The molecule has 0 N–H and O–H groups in total. The summed E-state index contributed by atoms with van der Waals surface area (Å²) in [4.78, 5) is 28.0. The Morgan fingerprint density at radius 2 is 1.58 bits per heavy atom. The zero-order valence-electron chi connectivity index (χ0n) is 19.6. The Morgan fingerprint density at radius 3 is 2.16 bits per heavy atom. The third kappa shape index (κ3) is 5.53. The van der Waals surface area contributed by atoms with Crippen molar-refractivity contribution in [3.63, 3.8) is 0 Å². The molecule has 166 valence electrons. The summed E-state index contributed by atoms with van der Waals surface area (Å²) in [7, 11) is 0. The fourth-order valence-electron chi connectivity index (χ4n) is 3.93. The number of fused-ring (bicyclic) bond motifs is 1. The predicted octanol–water partition coefficient (Wildman–Crippen LogP) is 5.22. The van der Waals surface area contributed by atoms with Gasteiger partial charge in [-0.1, -0.05) is 36.4 Å². The van der Waals surface area contributed by atoms with Crippen molar-refractivity contribution in [3.8, 4) is 11.1 Å². The van der Waals surface area contributed by atoms with Crippen molar-refractivity contribution in [2.45, 2.75) is 78.4 Å². The van der Waals surface area contributed by atoms with Gasteiger partial charge in [-0.3, -0.25) is 4.79 Å². The van der Waals surface area contributed by atoms with Gasteiger partial charge in [0.2, 0.25) is 0 Å². The monoisotopic (exact) mass is 423 g/mol. The van der Waals surface area contributed by atoms with Crippen LogP contribution >= 0.6 is 0 Å². The summed E-state index contributed by atoms with van der Waals surface area (Å²) >= 11 is 0. The fraction of sp³-hybridized carbons (Fsp3) is 0.462. The summed E-state index contributed by atoms with van der Waals surface area (Å²) in [5.41, 5.74) is 2.54. The molecule has 2 aromatic rings. The van der Waals surface area contributed by atoms with E-state index in [0.29, 0.717) is 12.1 Å². The summed E-state index contributed by atoms with van der Waals surface area (Å²) < 4.78 is 11.8. The summed E-state index contributed by atoms with van der Waals surface area (Å²) in [6.45, 7) is 13.4. The number of esters is 1. The van der Waals surface area contributed by atoms with Crippen LogP contribution < -0.4 is 0 Å². The van der Waals surface area contributed by atoms with Crippen LogP contribution in [0.15, 0.2) is 48.5 Å². The van der Waals surface area contributed by atoms with Crippen LogP contribution in [0, 0.1) is 0 Å². The number of carbonyl (C=O) groups is 2. The summed E-state index contributed by atoms with van der Waals surface area (Å²) in [6.07, 6.45) is -0.526. The van der Waals surface area contributed by atoms with Gasteiger partial charge >= 0.3 is 5.97 Å². The Bertz CT molecular complexity index is 954. The molecule has 2 atom stereocenters. The standard InChI is InChI=1S/C26H33NO4/c1-17(30-25(2,3)4)22(24(29)31-26(5,6)7)27-16-20-15-19(13-14-21(20)23(27)28)18-11-9-8-10-12-18/h8-15,17,22H,16H2,1-7H3/t17-,22+/m1/s1. The maximum Gasteiger partial charge on any atom is 0.332 e. The van der Waals surface area contributed by atoms with E-state index in [2.05, 4.69) is 0 Å². The van der Waals surface area contributed by atoms with Gasteiger partial charge in [-0.25, -0.2) is 4.79 Å². The van der Waals surface area contributed by atoms with E-state index in [-0.39, 0.29) is 5.91 Å². The highest BCUT2D eigenvalue weighted by Crippen LogP contribution is 2.32. The summed E-state index contributed by atoms with van der Waals surface area (Å²) in [5, 5.41) is 0. The van der Waals surface area contributed by atoms with E-state index in [0.717, 1.165) is 16.7 Å². The lowest BCUT2D eigenvalue weighted by molar-refractivity contribution is -0.170. The van der Waals surface area contributed by atoms with Gasteiger partial charge < -0.3 is 14.4 Å². The van der Waals surface area contributed by atoms with E-state index in [1.54, 1.807) is 4.90 Å². The lowest BCUT2D eigenvalue weighted by Crippen LogP contribution is -2.52. The van der Waals surface area contributed by atoms with Crippen LogP contribution in [0.3, 0.4) is 0 Å². The second-order valence-electron chi connectivity index (χ2n) is 10.1. The average molecular weight is 424 g/mol. The molecule has 0 fully saturated rings. The normalized spacial score (nSPS) is 16.1. The SMILES string of the molecule is C[C@@H](OC(C)(C)C)[C@@H](C(=O)OC(C)(C)C)N1Cc2cc(-c3ccccc3)ccc2C1=O. The van der Waals surface area contributed by atoms with Crippen LogP contribution in [0.4, 0.5) is 0 Å². The zero-order valence-corrected chi connectivity index (χ0v) is 19.6. The van der Waals surface area contributed by atoms with Crippen LogP contribution in [0.5, 0.6) is 0 Å². The number of hydrogen-bond acceptors (Lipinski definition) is 4. The first-order valence-electron chi connectivity index (χ1n) is 10.8. The van der Waals surface area contributed by atoms with E-state index >= 15 is 0 Å². The van der Waals surface area contributed by atoms with Crippen LogP contribution in [0.2, 0.25) is 0 Å². The highest BCUT2D eigenvalue weighted by Gasteiger charge is 2.43. The van der Waals surface area contributed by atoms with Gasteiger partial charge in [-0.05, 0) is 77.3 Å². The molecular weight excluding hydrogens is 390 g/mol. The molecule has 0 radical (unpaired) electrons. The van der Waals surface area contributed by atoms with Gasteiger partial charge in [0.1, 0.15) is 5.60 Å². The molecule has 0 unspecified atom stereocenters. The molecule has 1 heterocycles. The number of amides is 1. The molecule has 0 saturated heterocycles. The van der Waals surface area contributed by atoms with E-state index in [1.807, 2.05) is 97.0 Å². The van der Waals surface area contributed by atoms with Crippen molar-refractivity contribution in [1.29, 1.82) is 0 Å². The minimum Gasteiger partial charge on any atom is -0.458 e. The maximum atomic E-state index is 13.3. The number of carbonyl (C=O) groups excluding carboxylic acids is 2. The van der Waals surface area contributed by atoms with Gasteiger partial charge in [-0.2, -0.15) is 0 Å². The van der Waals surface area contributed by atoms with Gasteiger partial charge in [0.25, 0.3) is 5.91 Å². The number of ether oxygens (including phenoxy) is 2. The molecule has 0 saturated carbocycles. The van der Waals surface area contributed by atoms with Gasteiger partial charge in [0, 0.05) is 12.1 Å². The smallest absolute Gasteiger partial charge is 0.332 e. The molecule has 3 rings (SSSR count). The number of nitrogens with zero attached hydrogens (tertiary/aromatic N) is 1. The molecule has 2 aromatic carbocycles. The van der Waals surface area contributed by atoms with Gasteiger partial charge in [0.05, 0.1) is 11.7 Å². The third-order valence-electron chi connectivity index (χ3n) is 5.01. The lowest BCUT2D eigenvalue weighted by atomic mass is 10.0. The molecular formula is C26H33NO4. The average Bonchev–Trinajstić information content (AvgIpc) is 2.95. The summed E-state index contributed by atoms with van der Waals surface area (Å²) in [5.74, 6) is -0.622. The van der Waals surface area contributed by atoms with Crippen molar-refractivity contribution in [1.82, 2.24) is 4.90 Å². The van der Waals surface area contributed by atoms with Crippen LogP contribution in [0.1, 0.15) is 64.4 Å². The Balaban J connectivity index is 1.93. The van der Waals surface area contributed by atoms with Crippen LogP contribution in [-0.4, -0.2) is 40.1 Å². The third-order valence-corrected chi connectivity index (χ3v) is 5.01. The van der Waals surface area contributed by atoms with E-state index < -0.39 is 29.3 Å². The molecule has 1 amide bonds. The maximum absolute atomic E-state index is 13.3. The molecule has 5 nitrogen and oxygen atoms in total. The Morgan fingerprint density at radius 1 is 0.935 bits per heavy atom. The predicted molar refractivity (Wildman–Crippen MR) is 122 cm³/mol. The Kier molecular flexibility index (Phi) is 6.28. The molecule has 0 aliphatic carbocycles. The molecule has 1 aliphatic heterocycles. The van der Waals surface area contributed by atoms with E-state index in [4.69, 9.17) is 9.47 Å². The van der Waals surface area contributed by atoms with Crippen LogP contribution in [-0.2, 0) is 20.8 Å². The number of benzene rings is 2. The lowest BCUT2D eigenvalue weighted by Gasteiger charge is -2.36. The molecule has 1 aliphatic rings. The van der Waals surface area contributed by atoms with Crippen molar-refractivity contribution >= 4 is 11.9 Å². The topological polar surface area (TPSA) is 55.8 Å². The summed E-state index contributed by atoms with van der Waals surface area (Å²) in [6, 6.07) is 15.0. The fourth-order valence-corrected chi connectivity index (χ4v) is 3.93. The van der Waals surface area contributed by atoms with Crippen molar-refractivity contribution in [3.05, 3.63) is 59.7 Å². The van der Waals surface area contributed by atoms with Crippen molar-refractivity contribution in [2.24, 2.45) is 0 Å². The first kappa shape index (κ1) is 23.0. The molecule has 31 heavy (non-hydrogen) atoms. The minimum atomic E-state index is -0.835. The van der Waals surface area contributed by atoms with Crippen molar-refractivity contribution < 1.29 is 19.1 Å². The van der Waals surface area contributed by atoms with E-state index in [9.17, 15) is 9.59 Å². The van der Waals surface area contributed by atoms with E-state index in [1.165, 1.54) is 0 Å². The highest BCUT2D eigenvalue weighted by molar-refractivity contribution is 6.01. The first-order valence-corrected chi connectivity index (χ1v) is 10.8. The Labute approximate surface area is 185 Å².